The SMILES string of the molecule is CCC(CO)c1ccc2c(c1)OCO2. The molecule has 0 radical (unpaired) electrons. The largest absolute Gasteiger partial charge is 0.454 e. The van der Waals surface area contributed by atoms with Crippen LogP contribution in [0.1, 0.15) is 24.8 Å². The van der Waals surface area contributed by atoms with Gasteiger partial charge in [0.2, 0.25) is 6.79 Å². The summed E-state index contributed by atoms with van der Waals surface area (Å²) in [5.41, 5.74) is 1.11. The van der Waals surface area contributed by atoms with E-state index in [9.17, 15) is 0 Å². The van der Waals surface area contributed by atoms with Crippen LogP contribution in [0.15, 0.2) is 18.2 Å². The molecule has 0 bridgehead atoms. The Morgan fingerprint density at radius 1 is 1.36 bits per heavy atom. The molecule has 0 aromatic heterocycles. The summed E-state index contributed by atoms with van der Waals surface area (Å²) < 4.78 is 10.5. The monoisotopic (exact) mass is 194 g/mol. The van der Waals surface area contributed by atoms with E-state index in [1.807, 2.05) is 18.2 Å². The van der Waals surface area contributed by atoms with Crippen molar-refractivity contribution in [2.24, 2.45) is 0 Å². The molecule has 0 fully saturated rings. The Labute approximate surface area is 83.3 Å². The number of aliphatic hydroxyl groups excluding tert-OH is 1. The first kappa shape index (κ1) is 9.34. The van der Waals surface area contributed by atoms with Crippen LogP contribution in [0.4, 0.5) is 0 Å². The third kappa shape index (κ3) is 1.55. The molecule has 0 saturated carbocycles. The fourth-order valence-corrected chi connectivity index (χ4v) is 1.64. The summed E-state index contributed by atoms with van der Waals surface area (Å²) in [6.45, 7) is 2.54. The zero-order chi connectivity index (χ0) is 9.97. The first-order valence-corrected chi connectivity index (χ1v) is 4.85. The van der Waals surface area contributed by atoms with Gasteiger partial charge in [-0.05, 0) is 24.1 Å². The first-order valence-electron chi connectivity index (χ1n) is 4.85. The van der Waals surface area contributed by atoms with Crippen LogP contribution in [0.5, 0.6) is 11.5 Å². The highest BCUT2D eigenvalue weighted by Crippen LogP contribution is 2.35. The van der Waals surface area contributed by atoms with Gasteiger partial charge in [0, 0.05) is 12.5 Å². The number of aliphatic hydroxyl groups is 1. The second-order valence-corrected chi connectivity index (χ2v) is 3.40. The summed E-state index contributed by atoms with van der Waals surface area (Å²) in [5, 5.41) is 9.16. The third-order valence-corrected chi connectivity index (χ3v) is 2.58. The van der Waals surface area contributed by atoms with Crippen molar-refractivity contribution in [1.82, 2.24) is 0 Å². The van der Waals surface area contributed by atoms with Gasteiger partial charge in [-0.15, -0.1) is 0 Å². The average molecular weight is 194 g/mol. The molecule has 14 heavy (non-hydrogen) atoms. The van der Waals surface area contributed by atoms with Crippen molar-refractivity contribution in [3.63, 3.8) is 0 Å². The van der Waals surface area contributed by atoms with Crippen LogP contribution < -0.4 is 9.47 Å². The van der Waals surface area contributed by atoms with Crippen LogP contribution in [-0.4, -0.2) is 18.5 Å². The van der Waals surface area contributed by atoms with E-state index in [4.69, 9.17) is 14.6 Å². The molecule has 76 valence electrons. The highest BCUT2D eigenvalue weighted by atomic mass is 16.7. The van der Waals surface area contributed by atoms with Gasteiger partial charge in [-0.2, -0.15) is 0 Å². The molecule has 0 aliphatic carbocycles. The van der Waals surface area contributed by atoms with Crippen LogP contribution in [0.2, 0.25) is 0 Å². The molecule has 1 aliphatic heterocycles. The lowest BCUT2D eigenvalue weighted by atomic mass is 9.97. The topological polar surface area (TPSA) is 38.7 Å². The van der Waals surface area contributed by atoms with Gasteiger partial charge >= 0.3 is 0 Å². The molecule has 0 saturated heterocycles. The number of hydrogen-bond donors (Lipinski definition) is 1. The van der Waals surface area contributed by atoms with E-state index in [0.717, 1.165) is 23.5 Å². The molecular formula is C11H14O3. The number of rotatable bonds is 3. The van der Waals surface area contributed by atoms with Gasteiger partial charge in [-0.1, -0.05) is 13.0 Å². The summed E-state index contributed by atoms with van der Waals surface area (Å²) in [6, 6.07) is 5.83. The molecular weight excluding hydrogens is 180 g/mol. The second-order valence-electron chi connectivity index (χ2n) is 3.40. The molecule has 3 heteroatoms. The summed E-state index contributed by atoms with van der Waals surface area (Å²) in [4.78, 5) is 0. The molecule has 2 rings (SSSR count). The Hall–Kier alpha value is -1.22. The maximum Gasteiger partial charge on any atom is 0.231 e. The van der Waals surface area contributed by atoms with E-state index in [2.05, 4.69) is 6.92 Å². The van der Waals surface area contributed by atoms with Crippen molar-refractivity contribution in [2.45, 2.75) is 19.3 Å². The Kier molecular flexibility index (Phi) is 2.59. The smallest absolute Gasteiger partial charge is 0.231 e. The second kappa shape index (κ2) is 3.88. The molecule has 1 atom stereocenters. The zero-order valence-electron chi connectivity index (χ0n) is 8.19. The quantitative estimate of drug-likeness (QED) is 0.798. The minimum Gasteiger partial charge on any atom is -0.454 e. The predicted molar refractivity (Wildman–Crippen MR) is 52.7 cm³/mol. The summed E-state index contributed by atoms with van der Waals surface area (Å²) >= 11 is 0. The molecule has 1 N–H and O–H groups in total. The number of ether oxygens (including phenoxy) is 2. The van der Waals surface area contributed by atoms with Crippen molar-refractivity contribution in [3.05, 3.63) is 23.8 Å². The van der Waals surface area contributed by atoms with Gasteiger partial charge in [0.1, 0.15) is 0 Å². The molecule has 1 aromatic carbocycles. The lowest BCUT2D eigenvalue weighted by Gasteiger charge is -2.12. The molecule has 0 amide bonds. The normalized spacial score (nSPS) is 15.6. The van der Waals surface area contributed by atoms with Crippen LogP contribution in [0, 0.1) is 0 Å². The van der Waals surface area contributed by atoms with E-state index in [1.54, 1.807) is 0 Å². The van der Waals surface area contributed by atoms with Crippen molar-refractivity contribution >= 4 is 0 Å². The number of hydrogen-bond acceptors (Lipinski definition) is 3. The lowest BCUT2D eigenvalue weighted by Crippen LogP contribution is -2.02. The van der Waals surface area contributed by atoms with Gasteiger partial charge in [0.25, 0.3) is 0 Å². The van der Waals surface area contributed by atoms with Gasteiger partial charge < -0.3 is 14.6 Å². The number of benzene rings is 1. The Morgan fingerprint density at radius 3 is 2.86 bits per heavy atom. The van der Waals surface area contributed by atoms with Crippen LogP contribution in [-0.2, 0) is 0 Å². The van der Waals surface area contributed by atoms with E-state index in [-0.39, 0.29) is 12.5 Å². The van der Waals surface area contributed by atoms with Crippen molar-refractivity contribution in [3.8, 4) is 11.5 Å². The van der Waals surface area contributed by atoms with Crippen LogP contribution >= 0.6 is 0 Å². The van der Waals surface area contributed by atoms with Gasteiger partial charge in [0.15, 0.2) is 11.5 Å². The standard InChI is InChI=1S/C11H14O3/c1-2-8(6-12)9-3-4-10-11(5-9)14-7-13-10/h3-5,8,12H,2,6-7H2,1H3. The fraction of sp³-hybridized carbons (Fsp3) is 0.455. The van der Waals surface area contributed by atoms with Gasteiger partial charge in [0.05, 0.1) is 0 Å². The molecule has 1 unspecified atom stereocenters. The third-order valence-electron chi connectivity index (χ3n) is 2.58. The minimum absolute atomic E-state index is 0.177. The summed E-state index contributed by atoms with van der Waals surface area (Å²) in [5.74, 6) is 1.78. The molecule has 1 heterocycles. The van der Waals surface area contributed by atoms with E-state index < -0.39 is 0 Å². The number of fused-ring (bicyclic) bond motifs is 1. The first-order chi connectivity index (χ1) is 6.85. The Bertz CT molecular complexity index is 318. The van der Waals surface area contributed by atoms with Crippen LogP contribution in [0.3, 0.4) is 0 Å². The van der Waals surface area contributed by atoms with Gasteiger partial charge in [-0.3, -0.25) is 0 Å². The molecule has 1 aromatic rings. The van der Waals surface area contributed by atoms with Crippen molar-refractivity contribution in [1.29, 1.82) is 0 Å². The maximum absolute atomic E-state index is 9.16. The highest BCUT2D eigenvalue weighted by Gasteiger charge is 2.16. The van der Waals surface area contributed by atoms with Crippen LogP contribution in [0.25, 0.3) is 0 Å². The molecule has 0 spiro atoms. The van der Waals surface area contributed by atoms with E-state index in [0.29, 0.717) is 6.79 Å². The Morgan fingerprint density at radius 2 is 2.14 bits per heavy atom. The Balaban J connectivity index is 2.27. The fourth-order valence-electron chi connectivity index (χ4n) is 1.64. The lowest BCUT2D eigenvalue weighted by molar-refractivity contribution is 0.174. The molecule has 3 nitrogen and oxygen atoms in total. The predicted octanol–water partition coefficient (Wildman–Crippen LogP) is 1.90. The summed E-state index contributed by atoms with van der Waals surface area (Å²) in [7, 11) is 0. The zero-order valence-corrected chi connectivity index (χ0v) is 8.19. The average Bonchev–Trinajstić information content (AvgIpc) is 2.66. The molecule has 1 aliphatic rings. The minimum atomic E-state index is 0.177. The van der Waals surface area contributed by atoms with Crippen molar-refractivity contribution in [2.75, 3.05) is 13.4 Å². The maximum atomic E-state index is 9.16. The highest BCUT2D eigenvalue weighted by molar-refractivity contribution is 5.45. The van der Waals surface area contributed by atoms with E-state index in [1.165, 1.54) is 0 Å². The van der Waals surface area contributed by atoms with Crippen molar-refractivity contribution < 1.29 is 14.6 Å². The summed E-state index contributed by atoms with van der Waals surface area (Å²) in [6.07, 6.45) is 0.927. The van der Waals surface area contributed by atoms with Gasteiger partial charge in [-0.25, -0.2) is 0 Å². The van der Waals surface area contributed by atoms with E-state index >= 15 is 0 Å².